The molecule has 1 aliphatic rings. The summed E-state index contributed by atoms with van der Waals surface area (Å²) in [5.74, 6) is 0. The molecule has 0 aromatic heterocycles. The van der Waals surface area contributed by atoms with Gasteiger partial charge < -0.3 is 11.5 Å². The van der Waals surface area contributed by atoms with E-state index in [0.717, 1.165) is 0 Å². The minimum absolute atomic E-state index is 0.288. The Balaban J connectivity index is 2.30. The lowest BCUT2D eigenvalue weighted by atomic mass is 10.1. The Hall–Kier alpha value is -0.620. The van der Waals surface area contributed by atoms with Crippen LogP contribution in [0.4, 0.5) is 0 Å². The molecule has 0 heterocycles. The highest BCUT2D eigenvalue weighted by Crippen LogP contribution is 2.51. The molecular formula is C11H15ClN2O2S. The van der Waals surface area contributed by atoms with Crippen LogP contribution >= 0.6 is 11.6 Å². The summed E-state index contributed by atoms with van der Waals surface area (Å²) in [6.45, 7) is 0.613. The molecule has 0 amide bonds. The molecule has 1 saturated carbocycles. The zero-order chi connectivity index (χ0) is 12.7. The van der Waals surface area contributed by atoms with Gasteiger partial charge in [0.15, 0.2) is 9.84 Å². The van der Waals surface area contributed by atoms with E-state index < -0.39 is 20.5 Å². The average Bonchev–Trinajstić information content (AvgIpc) is 3.06. The van der Waals surface area contributed by atoms with Gasteiger partial charge in [-0.05, 0) is 30.7 Å². The van der Waals surface area contributed by atoms with Gasteiger partial charge in [-0.15, -0.1) is 0 Å². The van der Waals surface area contributed by atoms with Gasteiger partial charge in [0.1, 0.15) is 0 Å². The molecule has 0 bridgehead atoms. The van der Waals surface area contributed by atoms with E-state index in [-0.39, 0.29) is 4.90 Å². The summed E-state index contributed by atoms with van der Waals surface area (Å²) in [5.41, 5.74) is 10.8. The minimum atomic E-state index is -3.33. The third kappa shape index (κ3) is 2.08. The van der Waals surface area contributed by atoms with E-state index in [9.17, 15) is 8.42 Å². The summed E-state index contributed by atoms with van der Waals surface area (Å²) in [5, 5.41) is 0.0647. The third-order valence-corrected chi connectivity index (χ3v) is 6.04. The van der Waals surface area contributed by atoms with Crippen molar-refractivity contribution >= 4 is 21.4 Å². The van der Waals surface area contributed by atoms with Crippen LogP contribution in [0.3, 0.4) is 0 Å². The van der Waals surface area contributed by atoms with Crippen LogP contribution in [0.15, 0.2) is 29.2 Å². The van der Waals surface area contributed by atoms with Crippen LogP contribution in [0, 0.1) is 5.41 Å². The van der Waals surface area contributed by atoms with E-state index in [1.54, 1.807) is 12.1 Å². The highest BCUT2D eigenvalue weighted by atomic mass is 35.5. The normalized spacial score (nSPS) is 22.4. The Kier molecular flexibility index (Phi) is 3.20. The molecule has 4 nitrogen and oxygen atoms in total. The fraction of sp³-hybridized carbons (Fsp3) is 0.455. The maximum Gasteiger partial charge on any atom is 0.181 e. The van der Waals surface area contributed by atoms with Gasteiger partial charge in [0.05, 0.1) is 10.1 Å². The number of sulfone groups is 1. The highest BCUT2D eigenvalue weighted by Gasteiger charge is 2.59. The van der Waals surface area contributed by atoms with Crippen molar-refractivity contribution in [1.29, 1.82) is 0 Å². The lowest BCUT2D eigenvalue weighted by molar-refractivity contribution is 0.525. The van der Waals surface area contributed by atoms with Crippen LogP contribution in [0.1, 0.15) is 6.42 Å². The lowest BCUT2D eigenvalue weighted by Gasteiger charge is -2.12. The van der Waals surface area contributed by atoms with Crippen molar-refractivity contribution in [1.82, 2.24) is 0 Å². The molecule has 0 spiro atoms. The lowest BCUT2D eigenvalue weighted by Crippen LogP contribution is -2.31. The van der Waals surface area contributed by atoms with Gasteiger partial charge in [-0.2, -0.15) is 0 Å². The SMILES string of the molecule is NCC1(CN)CC1S(=O)(=O)c1ccc(Cl)cc1. The topological polar surface area (TPSA) is 86.2 Å². The van der Waals surface area contributed by atoms with Gasteiger partial charge in [0, 0.05) is 23.5 Å². The molecule has 6 heteroatoms. The van der Waals surface area contributed by atoms with Gasteiger partial charge in [-0.1, -0.05) is 11.6 Å². The van der Waals surface area contributed by atoms with Crippen LogP contribution < -0.4 is 11.5 Å². The Morgan fingerprint density at radius 1 is 1.24 bits per heavy atom. The van der Waals surface area contributed by atoms with Crippen LogP contribution in [-0.2, 0) is 9.84 Å². The maximum atomic E-state index is 12.3. The highest BCUT2D eigenvalue weighted by molar-refractivity contribution is 7.92. The summed E-state index contributed by atoms with van der Waals surface area (Å²) < 4.78 is 24.6. The van der Waals surface area contributed by atoms with Crippen molar-refractivity contribution < 1.29 is 8.42 Å². The Labute approximate surface area is 106 Å². The Morgan fingerprint density at radius 2 is 1.76 bits per heavy atom. The van der Waals surface area contributed by atoms with Crippen molar-refractivity contribution in [3.63, 3.8) is 0 Å². The van der Waals surface area contributed by atoms with E-state index >= 15 is 0 Å². The van der Waals surface area contributed by atoms with Crippen molar-refractivity contribution in [2.24, 2.45) is 16.9 Å². The molecule has 4 N–H and O–H groups in total. The standard InChI is InChI=1S/C11H15ClN2O2S/c12-8-1-3-9(4-2-8)17(15,16)10-5-11(10,6-13)7-14/h1-4,10H,5-7,13-14H2. The molecule has 1 atom stereocenters. The zero-order valence-electron chi connectivity index (χ0n) is 9.27. The number of nitrogens with two attached hydrogens (primary N) is 2. The van der Waals surface area contributed by atoms with Crippen molar-refractivity contribution in [3.05, 3.63) is 29.3 Å². The monoisotopic (exact) mass is 274 g/mol. The van der Waals surface area contributed by atoms with E-state index in [1.165, 1.54) is 12.1 Å². The summed E-state index contributed by atoms with van der Waals surface area (Å²) >= 11 is 5.73. The summed E-state index contributed by atoms with van der Waals surface area (Å²) in [7, 11) is -3.33. The zero-order valence-corrected chi connectivity index (χ0v) is 10.8. The fourth-order valence-electron chi connectivity index (χ4n) is 2.05. The molecule has 1 aromatic carbocycles. The number of benzene rings is 1. The number of hydrogen-bond acceptors (Lipinski definition) is 4. The number of rotatable bonds is 4. The summed E-state index contributed by atoms with van der Waals surface area (Å²) in [6.07, 6.45) is 0.547. The molecule has 1 fully saturated rings. The largest absolute Gasteiger partial charge is 0.330 e. The molecule has 1 aromatic rings. The molecular weight excluding hydrogens is 260 g/mol. The third-order valence-electron chi connectivity index (χ3n) is 3.44. The van der Waals surface area contributed by atoms with E-state index in [1.807, 2.05) is 0 Å². The number of halogens is 1. The molecule has 94 valence electrons. The predicted molar refractivity (Wildman–Crippen MR) is 67.6 cm³/mol. The van der Waals surface area contributed by atoms with Crippen LogP contribution in [0.25, 0.3) is 0 Å². The van der Waals surface area contributed by atoms with Crippen molar-refractivity contribution in [2.75, 3.05) is 13.1 Å². The van der Waals surface area contributed by atoms with Gasteiger partial charge in [0.2, 0.25) is 0 Å². The van der Waals surface area contributed by atoms with E-state index in [4.69, 9.17) is 23.1 Å². The fourth-order valence-corrected chi connectivity index (χ4v) is 4.42. The van der Waals surface area contributed by atoms with Crippen molar-refractivity contribution in [3.8, 4) is 0 Å². The molecule has 0 aliphatic heterocycles. The van der Waals surface area contributed by atoms with Crippen LogP contribution in [0.5, 0.6) is 0 Å². The summed E-state index contributed by atoms with van der Waals surface area (Å²) in [4.78, 5) is 0.288. The number of hydrogen-bond donors (Lipinski definition) is 2. The minimum Gasteiger partial charge on any atom is -0.330 e. The Morgan fingerprint density at radius 3 is 2.18 bits per heavy atom. The molecule has 0 saturated heterocycles. The van der Waals surface area contributed by atoms with Gasteiger partial charge >= 0.3 is 0 Å². The van der Waals surface area contributed by atoms with Gasteiger partial charge in [0.25, 0.3) is 0 Å². The molecule has 2 rings (SSSR count). The molecule has 17 heavy (non-hydrogen) atoms. The van der Waals surface area contributed by atoms with Crippen LogP contribution in [0.2, 0.25) is 5.02 Å². The maximum absolute atomic E-state index is 12.3. The Bertz CT molecular complexity index is 509. The van der Waals surface area contributed by atoms with Gasteiger partial charge in [-0.3, -0.25) is 0 Å². The van der Waals surface area contributed by atoms with E-state index in [0.29, 0.717) is 24.5 Å². The second-order valence-corrected chi connectivity index (χ2v) is 7.03. The second kappa shape index (κ2) is 4.24. The van der Waals surface area contributed by atoms with E-state index in [2.05, 4.69) is 0 Å². The predicted octanol–water partition coefficient (Wildman–Crippen LogP) is 0.790. The first-order chi connectivity index (χ1) is 7.96. The molecule has 1 unspecified atom stereocenters. The van der Waals surface area contributed by atoms with Crippen molar-refractivity contribution in [2.45, 2.75) is 16.6 Å². The smallest absolute Gasteiger partial charge is 0.181 e. The van der Waals surface area contributed by atoms with Gasteiger partial charge in [-0.25, -0.2) is 8.42 Å². The second-order valence-electron chi connectivity index (χ2n) is 4.46. The molecule has 1 aliphatic carbocycles. The van der Waals surface area contributed by atoms with Crippen LogP contribution in [-0.4, -0.2) is 26.8 Å². The first-order valence-corrected chi connectivity index (χ1v) is 7.28. The first-order valence-electron chi connectivity index (χ1n) is 5.36. The average molecular weight is 275 g/mol. The molecule has 0 radical (unpaired) electrons. The quantitative estimate of drug-likeness (QED) is 0.850. The summed E-state index contributed by atoms with van der Waals surface area (Å²) in [6, 6.07) is 6.19. The first kappa shape index (κ1) is 12.8.